The maximum atomic E-state index is 13.4. The van der Waals surface area contributed by atoms with Gasteiger partial charge in [-0.1, -0.05) is 35.3 Å². The SMILES string of the molecule is CC(C)n1c(Br)cc2c1C(c1ccc(Cl)cc1)N(c1cc(Cl)c[nH]c1=O)C2=O. The van der Waals surface area contributed by atoms with Crippen molar-refractivity contribution in [3.05, 3.63) is 84.4 Å². The largest absolute Gasteiger partial charge is 0.334 e. The lowest BCUT2D eigenvalue weighted by molar-refractivity contribution is 0.0993. The highest BCUT2D eigenvalue weighted by atomic mass is 79.9. The first-order valence-corrected chi connectivity index (χ1v) is 10.2. The summed E-state index contributed by atoms with van der Waals surface area (Å²) in [6.45, 7) is 4.09. The minimum atomic E-state index is -0.479. The van der Waals surface area contributed by atoms with Crippen molar-refractivity contribution in [1.29, 1.82) is 0 Å². The van der Waals surface area contributed by atoms with Crippen molar-refractivity contribution < 1.29 is 4.79 Å². The molecule has 0 saturated heterocycles. The summed E-state index contributed by atoms with van der Waals surface area (Å²) < 4.78 is 2.88. The van der Waals surface area contributed by atoms with Gasteiger partial charge in [-0.25, -0.2) is 0 Å². The summed E-state index contributed by atoms with van der Waals surface area (Å²) in [6, 6.07) is 10.2. The highest BCUT2D eigenvalue weighted by Crippen LogP contribution is 2.44. The Morgan fingerprint density at radius 3 is 2.39 bits per heavy atom. The monoisotopic (exact) mass is 479 g/mol. The zero-order valence-electron chi connectivity index (χ0n) is 15.0. The molecular weight excluding hydrogens is 465 g/mol. The third-order valence-corrected chi connectivity index (χ3v) is 5.89. The average Bonchev–Trinajstić information content (AvgIpc) is 3.11. The number of fused-ring (bicyclic) bond motifs is 1. The fourth-order valence-electron chi connectivity index (χ4n) is 3.68. The van der Waals surface area contributed by atoms with E-state index in [1.165, 1.54) is 17.2 Å². The molecule has 0 aliphatic carbocycles. The number of carbonyl (C=O) groups excluding carboxylic acids is 1. The van der Waals surface area contributed by atoms with Crippen LogP contribution >= 0.6 is 39.1 Å². The van der Waals surface area contributed by atoms with E-state index in [1.807, 2.05) is 26.0 Å². The normalized spacial score (nSPS) is 16.1. The fourth-order valence-corrected chi connectivity index (χ4v) is 4.79. The standard InChI is InChI=1S/C20H16BrCl2N3O2/c1-10(2)25-16(21)8-14-18(25)17(11-3-5-12(22)6-4-11)26(20(14)28)15-7-13(23)9-24-19(15)27/h3-10,17H,1-2H3,(H,24,27). The first-order valence-electron chi connectivity index (χ1n) is 8.67. The molecule has 2 aromatic heterocycles. The van der Waals surface area contributed by atoms with Crippen molar-refractivity contribution in [3.8, 4) is 0 Å². The van der Waals surface area contributed by atoms with Gasteiger partial charge in [0.2, 0.25) is 0 Å². The van der Waals surface area contributed by atoms with Crippen LogP contribution < -0.4 is 10.5 Å². The molecule has 1 atom stereocenters. The number of hydrogen-bond donors (Lipinski definition) is 1. The zero-order valence-corrected chi connectivity index (χ0v) is 18.1. The summed E-state index contributed by atoms with van der Waals surface area (Å²) in [5.41, 5.74) is 2.06. The first kappa shape index (κ1) is 19.3. The number of pyridine rings is 1. The quantitative estimate of drug-likeness (QED) is 0.532. The number of aromatic amines is 1. The molecule has 0 radical (unpaired) electrons. The third kappa shape index (κ3) is 3.00. The molecule has 0 spiro atoms. The second-order valence-corrected chi connectivity index (χ2v) is 8.58. The summed E-state index contributed by atoms with van der Waals surface area (Å²) in [7, 11) is 0. The van der Waals surface area contributed by atoms with E-state index in [0.717, 1.165) is 15.9 Å². The molecule has 0 fully saturated rings. The van der Waals surface area contributed by atoms with Crippen LogP contribution in [0.4, 0.5) is 5.69 Å². The number of amides is 1. The second kappa shape index (κ2) is 7.10. The third-order valence-electron chi connectivity index (χ3n) is 4.81. The van der Waals surface area contributed by atoms with Gasteiger partial charge in [0.25, 0.3) is 11.5 Å². The highest BCUT2D eigenvalue weighted by molar-refractivity contribution is 9.10. The van der Waals surface area contributed by atoms with Crippen LogP contribution in [0.3, 0.4) is 0 Å². The Bertz CT molecular complexity index is 1140. The van der Waals surface area contributed by atoms with Crippen LogP contribution in [0.25, 0.3) is 0 Å². The van der Waals surface area contributed by atoms with Gasteiger partial charge >= 0.3 is 0 Å². The lowest BCUT2D eigenvalue weighted by atomic mass is 10.0. The van der Waals surface area contributed by atoms with Crippen LogP contribution in [0.2, 0.25) is 10.0 Å². The summed E-state index contributed by atoms with van der Waals surface area (Å²) in [4.78, 5) is 30.0. The van der Waals surface area contributed by atoms with Gasteiger partial charge < -0.3 is 9.55 Å². The molecule has 1 aliphatic heterocycles. The molecule has 4 rings (SSSR count). The van der Waals surface area contributed by atoms with Crippen LogP contribution in [0.5, 0.6) is 0 Å². The molecule has 3 aromatic rings. The molecule has 5 nitrogen and oxygen atoms in total. The first-order chi connectivity index (χ1) is 13.3. The molecule has 0 bridgehead atoms. The Hall–Kier alpha value is -2.02. The second-order valence-electron chi connectivity index (χ2n) is 6.89. The molecule has 28 heavy (non-hydrogen) atoms. The van der Waals surface area contributed by atoms with Gasteiger partial charge in [-0.3, -0.25) is 14.5 Å². The van der Waals surface area contributed by atoms with Crippen LogP contribution in [-0.4, -0.2) is 15.5 Å². The van der Waals surface area contributed by atoms with Crippen LogP contribution in [0.1, 0.15) is 47.5 Å². The van der Waals surface area contributed by atoms with E-state index >= 15 is 0 Å². The van der Waals surface area contributed by atoms with Crippen LogP contribution in [0, 0.1) is 0 Å². The van der Waals surface area contributed by atoms with Gasteiger partial charge in [-0.05, 0) is 59.6 Å². The van der Waals surface area contributed by atoms with Crippen molar-refractivity contribution in [2.24, 2.45) is 0 Å². The van der Waals surface area contributed by atoms with Crippen LogP contribution in [-0.2, 0) is 0 Å². The number of hydrogen-bond acceptors (Lipinski definition) is 2. The maximum Gasteiger partial charge on any atom is 0.272 e. The lowest BCUT2D eigenvalue weighted by Gasteiger charge is -2.28. The smallest absolute Gasteiger partial charge is 0.272 e. The summed E-state index contributed by atoms with van der Waals surface area (Å²) in [6.07, 6.45) is 1.41. The molecule has 144 valence electrons. The Balaban J connectivity index is 2.00. The molecule has 8 heteroatoms. The Kier molecular flexibility index (Phi) is 4.89. The molecule has 3 heterocycles. The van der Waals surface area contributed by atoms with Crippen molar-refractivity contribution in [2.45, 2.75) is 25.9 Å². The number of nitrogens with one attached hydrogen (secondary N) is 1. The number of H-pyrrole nitrogens is 1. The van der Waals surface area contributed by atoms with Gasteiger partial charge in [-0.15, -0.1) is 0 Å². The Morgan fingerprint density at radius 2 is 1.75 bits per heavy atom. The van der Waals surface area contributed by atoms with Gasteiger partial charge in [0.15, 0.2) is 0 Å². The number of carbonyl (C=O) groups is 1. The van der Waals surface area contributed by atoms with Crippen molar-refractivity contribution in [2.75, 3.05) is 4.90 Å². The van der Waals surface area contributed by atoms with E-state index in [1.54, 1.807) is 18.2 Å². The predicted molar refractivity (Wildman–Crippen MR) is 115 cm³/mol. The summed E-state index contributed by atoms with van der Waals surface area (Å²) >= 11 is 15.7. The minimum Gasteiger partial charge on any atom is -0.334 e. The van der Waals surface area contributed by atoms with E-state index < -0.39 is 6.04 Å². The van der Waals surface area contributed by atoms with E-state index in [-0.39, 0.29) is 23.2 Å². The Morgan fingerprint density at radius 1 is 1.07 bits per heavy atom. The molecule has 1 aliphatic rings. The number of halogens is 3. The van der Waals surface area contributed by atoms with Gasteiger partial charge in [-0.2, -0.15) is 0 Å². The topological polar surface area (TPSA) is 58.1 Å². The summed E-state index contributed by atoms with van der Waals surface area (Å²) in [5.74, 6) is -0.247. The lowest BCUT2D eigenvalue weighted by Crippen LogP contribution is -2.34. The van der Waals surface area contributed by atoms with Crippen LogP contribution in [0.15, 0.2) is 52.0 Å². The molecular formula is C20H16BrCl2N3O2. The molecule has 1 unspecified atom stereocenters. The molecule has 1 aromatic carbocycles. The zero-order chi connectivity index (χ0) is 20.2. The predicted octanol–water partition coefficient (Wildman–Crippen LogP) is 5.58. The van der Waals surface area contributed by atoms with E-state index in [9.17, 15) is 9.59 Å². The fraction of sp³-hybridized carbons (Fsp3) is 0.200. The summed E-state index contributed by atoms with van der Waals surface area (Å²) in [5, 5.41) is 0.947. The number of anilines is 1. The van der Waals surface area contributed by atoms with Gasteiger partial charge in [0.1, 0.15) is 11.7 Å². The molecule has 0 saturated carbocycles. The number of aromatic nitrogens is 2. The number of nitrogens with zero attached hydrogens (tertiary/aromatic N) is 2. The van der Waals surface area contributed by atoms with Gasteiger partial charge in [0, 0.05) is 17.3 Å². The van der Waals surface area contributed by atoms with E-state index in [4.69, 9.17) is 23.2 Å². The van der Waals surface area contributed by atoms with Crippen molar-refractivity contribution >= 4 is 50.7 Å². The molecule has 1 amide bonds. The Labute approximate surface area is 180 Å². The number of rotatable bonds is 3. The number of benzene rings is 1. The van der Waals surface area contributed by atoms with Crippen molar-refractivity contribution in [1.82, 2.24) is 9.55 Å². The maximum absolute atomic E-state index is 13.4. The molecule has 1 N–H and O–H groups in total. The average molecular weight is 481 g/mol. The van der Waals surface area contributed by atoms with E-state index in [0.29, 0.717) is 15.6 Å². The minimum absolute atomic E-state index is 0.110. The highest BCUT2D eigenvalue weighted by Gasteiger charge is 2.43. The van der Waals surface area contributed by atoms with Gasteiger partial charge in [0.05, 0.1) is 20.9 Å². The van der Waals surface area contributed by atoms with Crippen molar-refractivity contribution in [3.63, 3.8) is 0 Å². The van der Waals surface area contributed by atoms with E-state index in [2.05, 4.69) is 25.5 Å².